The molecule has 58 valence electrons. The number of allylic oxidation sites excluding steroid dienone is 2. The Kier molecular flexibility index (Phi) is 6.03. The third kappa shape index (κ3) is 5.48. The first-order chi connectivity index (χ1) is 4.81. The van der Waals surface area contributed by atoms with E-state index in [-0.39, 0.29) is 0 Å². The van der Waals surface area contributed by atoms with Crippen LogP contribution >= 0.6 is 0 Å². The molecule has 0 aromatic heterocycles. The van der Waals surface area contributed by atoms with Gasteiger partial charge in [0.2, 0.25) is 0 Å². The van der Waals surface area contributed by atoms with E-state index in [1.807, 2.05) is 19.9 Å². The Labute approximate surface area is 63.1 Å². The number of unbranched alkanes of at least 4 members (excludes halogenated alkanes) is 1. The molecule has 0 aromatic rings. The first-order valence-corrected chi connectivity index (χ1v) is 3.81. The van der Waals surface area contributed by atoms with Gasteiger partial charge in [-0.15, -0.1) is 0 Å². The Bertz CT molecular complexity index is 125. The molecule has 0 amide bonds. The van der Waals surface area contributed by atoms with Gasteiger partial charge in [-0.1, -0.05) is 19.4 Å². The first kappa shape index (κ1) is 9.34. The molecule has 0 aliphatic heterocycles. The second kappa shape index (κ2) is 6.46. The molecule has 2 heteroatoms. The van der Waals surface area contributed by atoms with Crippen LogP contribution in [0.15, 0.2) is 22.0 Å². The highest BCUT2D eigenvalue weighted by atomic mass is 15.1. The standard InChI is InChI=1S/C8H16N2/c1-4-6-7-9-10-8(3)5-2/h5H,4,6-7H2,1-3H3. The summed E-state index contributed by atoms with van der Waals surface area (Å²) >= 11 is 0. The molecule has 0 aliphatic carbocycles. The van der Waals surface area contributed by atoms with Gasteiger partial charge in [-0.25, -0.2) is 0 Å². The maximum Gasteiger partial charge on any atom is 0.0603 e. The van der Waals surface area contributed by atoms with Crippen LogP contribution in [0.3, 0.4) is 0 Å². The van der Waals surface area contributed by atoms with Gasteiger partial charge >= 0.3 is 0 Å². The Morgan fingerprint density at radius 1 is 1.50 bits per heavy atom. The Morgan fingerprint density at radius 2 is 2.20 bits per heavy atom. The lowest BCUT2D eigenvalue weighted by Crippen LogP contribution is -1.76. The lowest BCUT2D eigenvalue weighted by molar-refractivity contribution is 0.773. The van der Waals surface area contributed by atoms with Crippen molar-refractivity contribution in [1.29, 1.82) is 0 Å². The second-order valence-electron chi connectivity index (χ2n) is 2.25. The van der Waals surface area contributed by atoms with Crippen molar-refractivity contribution in [2.75, 3.05) is 6.54 Å². The number of hydrogen-bond donors (Lipinski definition) is 0. The van der Waals surface area contributed by atoms with Crippen molar-refractivity contribution in [3.63, 3.8) is 0 Å². The lowest BCUT2D eigenvalue weighted by atomic mass is 10.3. The van der Waals surface area contributed by atoms with Crippen molar-refractivity contribution in [3.8, 4) is 0 Å². The molecule has 0 radical (unpaired) electrons. The number of hydrogen-bond acceptors (Lipinski definition) is 2. The predicted octanol–water partition coefficient (Wildman–Crippen LogP) is 3.16. The number of nitrogens with zero attached hydrogens (tertiary/aromatic N) is 2. The lowest BCUT2D eigenvalue weighted by Gasteiger charge is -1.88. The van der Waals surface area contributed by atoms with Crippen molar-refractivity contribution in [3.05, 3.63) is 11.8 Å². The third-order valence-electron chi connectivity index (χ3n) is 1.26. The van der Waals surface area contributed by atoms with Gasteiger partial charge < -0.3 is 0 Å². The fourth-order valence-corrected chi connectivity index (χ4v) is 0.448. The average molecular weight is 140 g/mol. The quantitative estimate of drug-likeness (QED) is 0.423. The largest absolute Gasteiger partial charge is 0.189 e. The molecular weight excluding hydrogens is 124 g/mol. The summed E-state index contributed by atoms with van der Waals surface area (Å²) in [6.45, 7) is 6.93. The zero-order chi connectivity index (χ0) is 7.82. The van der Waals surface area contributed by atoms with E-state index in [1.165, 1.54) is 6.42 Å². The normalized spacial score (nSPS) is 12.9. The Morgan fingerprint density at radius 3 is 2.70 bits per heavy atom. The molecule has 0 N–H and O–H groups in total. The minimum Gasteiger partial charge on any atom is -0.189 e. The maximum absolute atomic E-state index is 3.99. The Balaban J connectivity index is 3.37. The summed E-state index contributed by atoms with van der Waals surface area (Å²) in [7, 11) is 0. The van der Waals surface area contributed by atoms with Crippen LogP contribution in [0.25, 0.3) is 0 Å². The van der Waals surface area contributed by atoms with E-state index in [2.05, 4.69) is 17.2 Å². The van der Waals surface area contributed by atoms with Crippen molar-refractivity contribution in [2.24, 2.45) is 10.2 Å². The van der Waals surface area contributed by atoms with E-state index in [9.17, 15) is 0 Å². The molecule has 0 atom stereocenters. The molecule has 0 bridgehead atoms. The monoisotopic (exact) mass is 140 g/mol. The molecular formula is C8H16N2. The van der Waals surface area contributed by atoms with E-state index in [1.54, 1.807) is 0 Å². The van der Waals surface area contributed by atoms with E-state index in [0.717, 1.165) is 18.7 Å². The second-order valence-corrected chi connectivity index (χ2v) is 2.25. The summed E-state index contributed by atoms with van der Waals surface area (Å²) in [4.78, 5) is 0. The van der Waals surface area contributed by atoms with E-state index < -0.39 is 0 Å². The fourth-order valence-electron chi connectivity index (χ4n) is 0.448. The van der Waals surface area contributed by atoms with Crippen LogP contribution in [0, 0.1) is 0 Å². The summed E-state index contributed by atoms with van der Waals surface area (Å²) in [5.41, 5.74) is 0.996. The molecule has 0 aromatic carbocycles. The van der Waals surface area contributed by atoms with Crippen LogP contribution in [0.4, 0.5) is 0 Å². The Hall–Kier alpha value is -0.660. The summed E-state index contributed by atoms with van der Waals surface area (Å²) < 4.78 is 0. The smallest absolute Gasteiger partial charge is 0.0603 e. The minimum atomic E-state index is 0.863. The zero-order valence-electron chi connectivity index (χ0n) is 7.09. The molecule has 10 heavy (non-hydrogen) atoms. The van der Waals surface area contributed by atoms with Crippen molar-refractivity contribution in [2.45, 2.75) is 33.6 Å². The minimum absolute atomic E-state index is 0.863. The van der Waals surface area contributed by atoms with Gasteiger partial charge in [0.15, 0.2) is 0 Å². The number of azo groups is 1. The van der Waals surface area contributed by atoms with Gasteiger partial charge in [0.1, 0.15) is 0 Å². The van der Waals surface area contributed by atoms with Gasteiger partial charge in [-0.2, -0.15) is 10.2 Å². The topological polar surface area (TPSA) is 24.7 Å². The average Bonchev–Trinajstić information content (AvgIpc) is 1.98. The van der Waals surface area contributed by atoms with Crippen LogP contribution in [0.1, 0.15) is 33.6 Å². The van der Waals surface area contributed by atoms with Crippen molar-refractivity contribution in [1.82, 2.24) is 0 Å². The van der Waals surface area contributed by atoms with Crippen molar-refractivity contribution >= 4 is 0 Å². The molecule has 0 saturated heterocycles. The molecule has 0 aliphatic rings. The molecule has 0 rings (SSSR count). The summed E-state index contributed by atoms with van der Waals surface area (Å²) in [6.07, 6.45) is 4.28. The van der Waals surface area contributed by atoms with Crippen LogP contribution in [-0.2, 0) is 0 Å². The SMILES string of the molecule is CC=C(C)N=NCCCC. The maximum atomic E-state index is 3.99. The molecule has 0 saturated carbocycles. The number of rotatable bonds is 4. The third-order valence-corrected chi connectivity index (χ3v) is 1.26. The van der Waals surface area contributed by atoms with Gasteiger partial charge in [0.05, 0.1) is 12.2 Å². The molecule has 2 nitrogen and oxygen atoms in total. The highest BCUT2D eigenvalue weighted by Gasteiger charge is 1.80. The highest BCUT2D eigenvalue weighted by Crippen LogP contribution is 1.95. The van der Waals surface area contributed by atoms with Crippen LogP contribution in [0.2, 0.25) is 0 Å². The summed E-state index contributed by atoms with van der Waals surface area (Å²) in [6, 6.07) is 0. The highest BCUT2D eigenvalue weighted by molar-refractivity contribution is 4.90. The van der Waals surface area contributed by atoms with Crippen LogP contribution in [-0.4, -0.2) is 6.54 Å². The van der Waals surface area contributed by atoms with Crippen LogP contribution < -0.4 is 0 Å². The van der Waals surface area contributed by atoms with Gasteiger partial charge in [-0.05, 0) is 20.3 Å². The molecule has 0 unspecified atom stereocenters. The van der Waals surface area contributed by atoms with Gasteiger partial charge in [0.25, 0.3) is 0 Å². The van der Waals surface area contributed by atoms with Crippen molar-refractivity contribution < 1.29 is 0 Å². The van der Waals surface area contributed by atoms with E-state index >= 15 is 0 Å². The van der Waals surface area contributed by atoms with E-state index in [0.29, 0.717) is 0 Å². The fraction of sp³-hybridized carbons (Fsp3) is 0.750. The van der Waals surface area contributed by atoms with Gasteiger partial charge in [-0.3, -0.25) is 0 Å². The molecule has 0 fully saturated rings. The zero-order valence-corrected chi connectivity index (χ0v) is 7.09. The van der Waals surface area contributed by atoms with E-state index in [4.69, 9.17) is 0 Å². The van der Waals surface area contributed by atoms with Crippen LogP contribution in [0.5, 0.6) is 0 Å². The molecule has 0 spiro atoms. The summed E-state index contributed by atoms with van der Waals surface area (Å²) in [5.74, 6) is 0. The predicted molar refractivity (Wildman–Crippen MR) is 44.1 cm³/mol. The summed E-state index contributed by atoms with van der Waals surface area (Å²) in [5, 5.41) is 7.95. The van der Waals surface area contributed by atoms with Gasteiger partial charge in [0, 0.05) is 0 Å². The molecule has 0 heterocycles. The first-order valence-electron chi connectivity index (χ1n) is 3.81.